The van der Waals surface area contributed by atoms with E-state index in [9.17, 15) is 13.2 Å². The molecule has 6 nitrogen and oxygen atoms in total. The first-order valence-corrected chi connectivity index (χ1v) is 12.0. The lowest BCUT2D eigenvalue weighted by atomic mass is 9.99. The third kappa shape index (κ3) is 4.20. The predicted octanol–water partition coefficient (Wildman–Crippen LogP) is 4.15. The average molecular weight is 443 g/mol. The average Bonchev–Trinajstić information content (AvgIpc) is 3.28. The van der Waals surface area contributed by atoms with Gasteiger partial charge in [0.05, 0.1) is 11.5 Å². The van der Waals surface area contributed by atoms with Crippen LogP contribution in [-0.2, 0) is 23.0 Å². The Balaban J connectivity index is 1.56. The number of nitrogens with zero attached hydrogens (tertiary/aromatic N) is 1. The minimum absolute atomic E-state index is 0.00674. The number of thiophene rings is 1. The molecule has 1 aliphatic rings. The second-order valence-corrected chi connectivity index (χ2v) is 9.52. The topological polar surface area (TPSA) is 75.7 Å². The monoisotopic (exact) mass is 442 g/mol. The molecule has 1 aliphatic heterocycles. The lowest BCUT2D eigenvalue weighted by Crippen LogP contribution is -2.35. The molecule has 0 atom stereocenters. The Bertz CT molecular complexity index is 1160. The molecule has 0 saturated carbocycles. The molecule has 0 saturated heterocycles. The number of hydrogen-bond donors (Lipinski definition) is 1. The molecule has 30 heavy (non-hydrogen) atoms. The number of ether oxygens (including phenoxy) is 1. The van der Waals surface area contributed by atoms with Crippen LogP contribution in [0.3, 0.4) is 0 Å². The van der Waals surface area contributed by atoms with E-state index in [-0.39, 0.29) is 10.8 Å². The van der Waals surface area contributed by atoms with Crippen LogP contribution in [0.1, 0.15) is 27.7 Å². The second-order valence-electron chi connectivity index (χ2n) is 6.92. The van der Waals surface area contributed by atoms with Gasteiger partial charge in [0.2, 0.25) is 0 Å². The van der Waals surface area contributed by atoms with E-state index in [1.54, 1.807) is 29.2 Å². The molecule has 0 fully saturated rings. The Morgan fingerprint density at radius 3 is 2.73 bits per heavy atom. The summed E-state index contributed by atoms with van der Waals surface area (Å²) < 4.78 is 34.0. The van der Waals surface area contributed by atoms with Gasteiger partial charge in [-0.25, -0.2) is 8.42 Å². The highest BCUT2D eigenvalue weighted by molar-refractivity contribution is 7.92. The number of anilines is 1. The number of para-hydroxylation sites is 1. The summed E-state index contributed by atoms with van der Waals surface area (Å²) in [6.07, 6.45) is 0.743. The number of carbonyl (C=O) groups excluding carboxylic acids is 1. The molecular formula is C22H22N2O4S2. The highest BCUT2D eigenvalue weighted by atomic mass is 32.2. The van der Waals surface area contributed by atoms with Crippen molar-refractivity contribution >= 4 is 33.0 Å². The number of fused-ring (bicyclic) bond motifs is 1. The van der Waals surface area contributed by atoms with Crippen molar-refractivity contribution in [3.8, 4) is 5.75 Å². The van der Waals surface area contributed by atoms with E-state index < -0.39 is 10.0 Å². The molecule has 2 aromatic carbocycles. The molecule has 1 N–H and O–H groups in total. The maximum absolute atomic E-state index is 12.9. The van der Waals surface area contributed by atoms with Crippen LogP contribution in [0.4, 0.5) is 5.69 Å². The summed E-state index contributed by atoms with van der Waals surface area (Å²) in [5.74, 6) is 0.324. The molecule has 3 aromatic rings. The zero-order chi connectivity index (χ0) is 21.1. The van der Waals surface area contributed by atoms with Crippen molar-refractivity contribution in [3.05, 3.63) is 76.0 Å². The SMILES string of the molecule is CCOc1ccccc1S(=O)(=O)Nc1ccc2c(c1)CN(C(=O)c1cccs1)CC2. The maximum atomic E-state index is 12.9. The largest absolute Gasteiger partial charge is 0.492 e. The van der Waals surface area contributed by atoms with Crippen molar-refractivity contribution in [1.29, 1.82) is 0 Å². The Morgan fingerprint density at radius 1 is 1.13 bits per heavy atom. The van der Waals surface area contributed by atoms with Crippen LogP contribution in [0.25, 0.3) is 0 Å². The molecule has 0 aliphatic carbocycles. The van der Waals surface area contributed by atoms with Gasteiger partial charge in [-0.15, -0.1) is 11.3 Å². The van der Waals surface area contributed by atoms with Gasteiger partial charge < -0.3 is 9.64 Å². The number of amides is 1. The van der Waals surface area contributed by atoms with Crippen LogP contribution in [0.5, 0.6) is 5.75 Å². The highest BCUT2D eigenvalue weighted by Crippen LogP contribution is 2.28. The van der Waals surface area contributed by atoms with Crippen LogP contribution in [0.2, 0.25) is 0 Å². The fourth-order valence-corrected chi connectivity index (χ4v) is 5.39. The number of rotatable bonds is 6. The smallest absolute Gasteiger partial charge is 0.265 e. The van der Waals surface area contributed by atoms with Gasteiger partial charge in [-0.3, -0.25) is 9.52 Å². The zero-order valence-corrected chi connectivity index (χ0v) is 18.1. The fraction of sp³-hybridized carbons (Fsp3) is 0.227. The first kappa shape index (κ1) is 20.4. The van der Waals surface area contributed by atoms with Crippen LogP contribution in [-0.4, -0.2) is 32.4 Å². The number of nitrogens with one attached hydrogen (secondary N) is 1. The van der Waals surface area contributed by atoms with Gasteiger partial charge in [0.15, 0.2) is 0 Å². The van der Waals surface area contributed by atoms with Crippen LogP contribution < -0.4 is 9.46 Å². The summed E-state index contributed by atoms with van der Waals surface area (Å²) in [5.41, 5.74) is 2.54. The van der Waals surface area contributed by atoms with Crippen LogP contribution in [0, 0.1) is 0 Å². The fourth-order valence-electron chi connectivity index (χ4n) is 3.51. The predicted molar refractivity (Wildman–Crippen MR) is 118 cm³/mol. The van der Waals surface area contributed by atoms with E-state index >= 15 is 0 Å². The van der Waals surface area contributed by atoms with E-state index in [2.05, 4.69) is 4.72 Å². The number of benzene rings is 2. The number of carbonyl (C=O) groups is 1. The second kappa shape index (κ2) is 8.49. The Kier molecular flexibility index (Phi) is 5.78. The van der Waals surface area contributed by atoms with E-state index in [4.69, 9.17) is 4.74 Å². The molecule has 4 rings (SSSR count). The van der Waals surface area contributed by atoms with Gasteiger partial charge in [-0.2, -0.15) is 0 Å². The van der Waals surface area contributed by atoms with Gasteiger partial charge in [0, 0.05) is 18.8 Å². The first-order chi connectivity index (χ1) is 14.5. The standard InChI is InChI=1S/C22H22N2O4S2/c1-2-28-19-6-3-4-8-21(19)30(26,27)23-18-10-9-16-11-12-24(15-17(16)14-18)22(25)20-7-5-13-29-20/h3-10,13-14,23H,2,11-12,15H2,1H3. The third-order valence-electron chi connectivity index (χ3n) is 4.93. The molecular weight excluding hydrogens is 420 g/mol. The van der Waals surface area contributed by atoms with Crippen molar-refractivity contribution in [1.82, 2.24) is 4.90 Å². The molecule has 1 amide bonds. The number of sulfonamides is 1. The normalized spacial score (nSPS) is 13.6. The molecule has 0 bridgehead atoms. The van der Waals surface area contributed by atoms with Crippen molar-refractivity contribution in [2.75, 3.05) is 17.9 Å². The van der Waals surface area contributed by atoms with Gasteiger partial charge >= 0.3 is 0 Å². The quantitative estimate of drug-likeness (QED) is 0.622. The van der Waals surface area contributed by atoms with Crippen molar-refractivity contribution in [2.24, 2.45) is 0 Å². The molecule has 1 aromatic heterocycles. The molecule has 8 heteroatoms. The summed E-state index contributed by atoms with van der Waals surface area (Å²) in [6.45, 7) is 3.29. The minimum Gasteiger partial charge on any atom is -0.492 e. The molecule has 156 valence electrons. The Labute approximate surface area is 180 Å². The highest BCUT2D eigenvalue weighted by Gasteiger charge is 2.24. The van der Waals surface area contributed by atoms with E-state index in [0.717, 1.165) is 17.5 Å². The van der Waals surface area contributed by atoms with E-state index in [1.807, 2.05) is 36.6 Å². The van der Waals surface area contributed by atoms with E-state index in [0.29, 0.717) is 36.0 Å². The van der Waals surface area contributed by atoms with Gasteiger partial charge in [-0.1, -0.05) is 24.3 Å². The van der Waals surface area contributed by atoms with Gasteiger partial charge in [0.25, 0.3) is 15.9 Å². The van der Waals surface area contributed by atoms with Crippen molar-refractivity contribution < 1.29 is 17.9 Å². The summed E-state index contributed by atoms with van der Waals surface area (Å²) in [4.78, 5) is 15.3. The van der Waals surface area contributed by atoms with Crippen LogP contribution >= 0.6 is 11.3 Å². The zero-order valence-electron chi connectivity index (χ0n) is 16.5. The number of hydrogen-bond acceptors (Lipinski definition) is 5. The molecule has 0 unspecified atom stereocenters. The Hall–Kier alpha value is -2.84. The molecule has 0 spiro atoms. The van der Waals surface area contributed by atoms with Crippen LogP contribution in [0.15, 0.2) is 64.9 Å². The summed E-state index contributed by atoms with van der Waals surface area (Å²) in [6, 6.07) is 15.7. The first-order valence-electron chi connectivity index (χ1n) is 9.67. The summed E-state index contributed by atoms with van der Waals surface area (Å²) in [7, 11) is -3.81. The summed E-state index contributed by atoms with van der Waals surface area (Å²) in [5, 5.41) is 1.89. The lowest BCUT2D eigenvalue weighted by molar-refractivity contribution is 0.0739. The third-order valence-corrected chi connectivity index (χ3v) is 7.21. The lowest BCUT2D eigenvalue weighted by Gasteiger charge is -2.29. The molecule has 2 heterocycles. The van der Waals surface area contributed by atoms with Crippen molar-refractivity contribution in [3.63, 3.8) is 0 Å². The van der Waals surface area contributed by atoms with E-state index in [1.165, 1.54) is 17.4 Å². The maximum Gasteiger partial charge on any atom is 0.265 e. The molecule has 0 radical (unpaired) electrons. The minimum atomic E-state index is -3.81. The Morgan fingerprint density at radius 2 is 1.97 bits per heavy atom. The van der Waals surface area contributed by atoms with Gasteiger partial charge in [-0.05, 0) is 60.2 Å². The summed E-state index contributed by atoms with van der Waals surface area (Å²) >= 11 is 1.43. The van der Waals surface area contributed by atoms with Crippen molar-refractivity contribution in [2.45, 2.75) is 24.8 Å². The van der Waals surface area contributed by atoms with Gasteiger partial charge in [0.1, 0.15) is 10.6 Å².